The molecule has 0 saturated heterocycles. The van der Waals surface area contributed by atoms with Gasteiger partial charge in [0, 0.05) is 25.7 Å². The van der Waals surface area contributed by atoms with Crippen molar-refractivity contribution in [3.8, 4) is 0 Å². The number of ketones is 2. The van der Waals surface area contributed by atoms with Crippen LogP contribution in [-0.4, -0.2) is 11.6 Å². The predicted octanol–water partition coefficient (Wildman–Crippen LogP) is 2.28. The molecule has 0 atom stereocenters. The van der Waals surface area contributed by atoms with Gasteiger partial charge < -0.3 is 0 Å². The summed E-state index contributed by atoms with van der Waals surface area (Å²) in [4.78, 5) is 22.8. The maximum atomic E-state index is 11.4. The molecule has 1 saturated carbocycles. The Bertz CT molecular complexity index is 237. The van der Waals surface area contributed by atoms with Gasteiger partial charge in [0.15, 0.2) is 0 Å². The summed E-state index contributed by atoms with van der Waals surface area (Å²) in [5.41, 5.74) is 0.611. The lowest BCUT2D eigenvalue weighted by atomic mass is 9.78. The highest BCUT2D eigenvalue weighted by Gasteiger charge is 2.28. The zero-order valence-corrected chi connectivity index (χ0v) is 8.35. The van der Waals surface area contributed by atoms with Crippen molar-refractivity contribution in [1.29, 1.82) is 0 Å². The van der Waals surface area contributed by atoms with Crippen molar-refractivity contribution in [2.45, 2.75) is 39.5 Å². The monoisotopic (exact) mass is 180 g/mol. The molecule has 2 nitrogen and oxygen atoms in total. The molecule has 0 spiro atoms. The van der Waals surface area contributed by atoms with Gasteiger partial charge in [-0.3, -0.25) is 9.59 Å². The zero-order chi connectivity index (χ0) is 10.1. The van der Waals surface area contributed by atoms with Gasteiger partial charge in [-0.2, -0.15) is 0 Å². The Morgan fingerprint density at radius 1 is 1.08 bits per heavy atom. The van der Waals surface area contributed by atoms with Crippen LogP contribution in [0, 0.1) is 5.41 Å². The minimum atomic E-state index is -0.158. The molecule has 0 radical (unpaired) electrons. The SMILES string of the molecule is C=C1CC(=O)CC(C)(C)CC(=O)C1. The Hall–Kier alpha value is -0.920. The van der Waals surface area contributed by atoms with Gasteiger partial charge in [0.2, 0.25) is 0 Å². The number of allylic oxidation sites excluding steroid dienone is 1. The third kappa shape index (κ3) is 3.13. The molecule has 0 aromatic carbocycles. The number of carbonyl (C=O) groups excluding carboxylic acids is 2. The van der Waals surface area contributed by atoms with E-state index in [1.807, 2.05) is 13.8 Å². The molecule has 0 heterocycles. The maximum Gasteiger partial charge on any atom is 0.137 e. The molecule has 1 fully saturated rings. The third-order valence-corrected chi connectivity index (χ3v) is 2.25. The molecule has 0 bridgehead atoms. The van der Waals surface area contributed by atoms with E-state index in [4.69, 9.17) is 0 Å². The van der Waals surface area contributed by atoms with Gasteiger partial charge in [-0.05, 0) is 5.41 Å². The Labute approximate surface area is 79.0 Å². The first-order chi connectivity index (χ1) is 5.89. The average molecular weight is 180 g/mol. The number of rotatable bonds is 0. The molecule has 1 rings (SSSR count). The quantitative estimate of drug-likeness (QED) is 0.536. The molecule has 0 aliphatic heterocycles. The molecule has 0 amide bonds. The maximum absolute atomic E-state index is 11.4. The number of carbonyl (C=O) groups is 2. The fraction of sp³-hybridized carbons (Fsp3) is 0.636. The highest BCUT2D eigenvalue weighted by atomic mass is 16.1. The summed E-state index contributed by atoms with van der Waals surface area (Å²) in [6.45, 7) is 7.66. The lowest BCUT2D eigenvalue weighted by molar-refractivity contribution is -0.124. The molecule has 0 aromatic heterocycles. The van der Waals surface area contributed by atoms with Crippen LogP contribution in [0.4, 0.5) is 0 Å². The van der Waals surface area contributed by atoms with E-state index in [1.54, 1.807) is 0 Å². The van der Waals surface area contributed by atoms with E-state index in [1.165, 1.54) is 0 Å². The van der Waals surface area contributed by atoms with Crippen molar-refractivity contribution in [3.63, 3.8) is 0 Å². The predicted molar refractivity (Wildman–Crippen MR) is 51.4 cm³/mol. The van der Waals surface area contributed by atoms with Crippen LogP contribution >= 0.6 is 0 Å². The molecule has 13 heavy (non-hydrogen) atoms. The Morgan fingerprint density at radius 2 is 1.46 bits per heavy atom. The molecular weight excluding hydrogens is 164 g/mol. The average Bonchev–Trinajstić information content (AvgIpc) is 1.78. The van der Waals surface area contributed by atoms with Gasteiger partial charge in [-0.15, -0.1) is 0 Å². The van der Waals surface area contributed by atoms with Crippen molar-refractivity contribution >= 4 is 11.6 Å². The normalized spacial score (nSPS) is 24.0. The molecule has 0 aromatic rings. The topological polar surface area (TPSA) is 34.1 Å². The van der Waals surface area contributed by atoms with Crippen LogP contribution in [0.1, 0.15) is 39.5 Å². The van der Waals surface area contributed by atoms with Crippen molar-refractivity contribution in [1.82, 2.24) is 0 Å². The van der Waals surface area contributed by atoms with Gasteiger partial charge in [0.25, 0.3) is 0 Å². The van der Waals surface area contributed by atoms with Gasteiger partial charge in [0.1, 0.15) is 11.6 Å². The van der Waals surface area contributed by atoms with Crippen LogP contribution < -0.4 is 0 Å². The van der Waals surface area contributed by atoms with E-state index in [0.29, 0.717) is 25.7 Å². The summed E-state index contributed by atoms with van der Waals surface area (Å²) in [5, 5.41) is 0. The van der Waals surface area contributed by atoms with E-state index in [9.17, 15) is 9.59 Å². The second-order valence-electron chi connectivity index (χ2n) is 4.70. The molecule has 1 aliphatic rings. The first-order valence-electron chi connectivity index (χ1n) is 4.59. The minimum absolute atomic E-state index is 0.158. The van der Waals surface area contributed by atoms with Crippen LogP contribution in [-0.2, 0) is 9.59 Å². The minimum Gasteiger partial charge on any atom is -0.299 e. The summed E-state index contributed by atoms with van der Waals surface area (Å²) in [5.74, 6) is 0.421. The van der Waals surface area contributed by atoms with Crippen LogP contribution in [0.3, 0.4) is 0 Å². The summed E-state index contributed by atoms with van der Waals surface area (Å²) in [6, 6.07) is 0. The molecule has 1 aliphatic carbocycles. The summed E-state index contributed by atoms with van der Waals surface area (Å²) in [6.07, 6.45) is 1.76. The molecule has 72 valence electrons. The number of hydrogen-bond donors (Lipinski definition) is 0. The molecule has 0 N–H and O–H groups in total. The Balaban J connectivity index is 2.76. The first kappa shape index (κ1) is 10.2. The van der Waals surface area contributed by atoms with Crippen LogP contribution in [0.15, 0.2) is 12.2 Å². The molecule has 2 heteroatoms. The van der Waals surface area contributed by atoms with Gasteiger partial charge >= 0.3 is 0 Å². The largest absolute Gasteiger partial charge is 0.299 e. The standard InChI is InChI=1S/C11H16O2/c1-8-4-9(12)6-11(2,3)7-10(13)5-8/h1,4-7H2,2-3H3. The number of Topliss-reactive ketones (excluding diaryl/α,β-unsaturated/α-hetero) is 2. The molecular formula is C11H16O2. The Kier molecular flexibility index (Phi) is 2.69. The van der Waals surface area contributed by atoms with Crippen LogP contribution in [0.5, 0.6) is 0 Å². The van der Waals surface area contributed by atoms with Gasteiger partial charge in [0.05, 0.1) is 0 Å². The van der Waals surface area contributed by atoms with Crippen molar-refractivity contribution in [2.75, 3.05) is 0 Å². The van der Waals surface area contributed by atoms with Crippen LogP contribution in [0.25, 0.3) is 0 Å². The smallest absolute Gasteiger partial charge is 0.137 e. The fourth-order valence-corrected chi connectivity index (χ4v) is 1.88. The fourth-order valence-electron chi connectivity index (χ4n) is 1.88. The van der Waals surface area contributed by atoms with E-state index >= 15 is 0 Å². The van der Waals surface area contributed by atoms with E-state index in [2.05, 4.69) is 6.58 Å². The highest BCUT2D eigenvalue weighted by molar-refractivity contribution is 5.88. The second-order valence-corrected chi connectivity index (χ2v) is 4.70. The van der Waals surface area contributed by atoms with Gasteiger partial charge in [-0.1, -0.05) is 26.0 Å². The second kappa shape index (κ2) is 3.44. The van der Waals surface area contributed by atoms with Crippen LogP contribution in [0.2, 0.25) is 0 Å². The van der Waals surface area contributed by atoms with E-state index in [0.717, 1.165) is 5.57 Å². The van der Waals surface area contributed by atoms with Gasteiger partial charge in [-0.25, -0.2) is 0 Å². The summed E-state index contributed by atoms with van der Waals surface area (Å²) in [7, 11) is 0. The number of hydrogen-bond acceptors (Lipinski definition) is 2. The lowest BCUT2D eigenvalue weighted by Gasteiger charge is -2.25. The lowest BCUT2D eigenvalue weighted by Crippen LogP contribution is -2.24. The van der Waals surface area contributed by atoms with Crippen molar-refractivity contribution in [3.05, 3.63) is 12.2 Å². The van der Waals surface area contributed by atoms with Crippen molar-refractivity contribution in [2.24, 2.45) is 5.41 Å². The summed E-state index contributed by atoms with van der Waals surface area (Å²) < 4.78 is 0. The molecule has 0 unspecified atom stereocenters. The van der Waals surface area contributed by atoms with E-state index < -0.39 is 0 Å². The summed E-state index contributed by atoms with van der Waals surface area (Å²) >= 11 is 0. The first-order valence-corrected chi connectivity index (χ1v) is 4.59. The van der Waals surface area contributed by atoms with Crippen molar-refractivity contribution < 1.29 is 9.59 Å². The highest BCUT2D eigenvalue weighted by Crippen LogP contribution is 2.30. The zero-order valence-electron chi connectivity index (χ0n) is 8.35. The Morgan fingerprint density at radius 3 is 1.85 bits per heavy atom. The van der Waals surface area contributed by atoms with E-state index in [-0.39, 0.29) is 17.0 Å². The third-order valence-electron chi connectivity index (χ3n) is 2.25.